The molecule has 0 aliphatic carbocycles. The zero-order chi connectivity index (χ0) is 12.8. The summed E-state index contributed by atoms with van der Waals surface area (Å²) in [5, 5.41) is 27.4. The number of ether oxygens (including phenoxy) is 1. The van der Waals surface area contributed by atoms with Gasteiger partial charge < -0.3 is 14.9 Å². The van der Waals surface area contributed by atoms with Crippen LogP contribution in [0.1, 0.15) is 23.6 Å². The van der Waals surface area contributed by atoms with Crippen molar-refractivity contribution >= 4 is 5.97 Å². The number of aliphatic hydroxyl groups excluding tert-OH is 1. The Balaban J connectivity index is 3.02. The van der Waals surface area contributed by atoms with Crippen LogP contribution < -0.4 is 0 Å². The molecular weight excluding hydrogens is 222 g/mol. The number of hydrogen-bond acceptors (Lipinski definition) is 5. The Labute approximate surface area is 98.9 Å². The molecule has 5 nitrogen and oxygen atoms in total. The topological polar surface area (TPSA) is 90.6 Å². The number of nitriles is 1. The van der Waals surface area contributed by atoms with Crippen molar-refractivity contribution in [3.63, 3.8) is 0 Å². The Bertz CT molecular complexity index is 462. The number of nitrogens with zero attached hydrogens (tertiary/aromatic N) is 1. The van der Waals surface area contributed by atoms with E-state index in [0.717, 1.165) is 0 Å². The minimum absolute atomic E-state index is 0.00972. The number of aliphatic hydroxyl groups is 1. The maximum Gasteiger partial charge on any atom is 0.310 e. The summed E-state index contributed by atoms with van der Waals surface area (Å²) >= 11 is 0. The molecule has 0 unspecified atom stereocenters. The molecule has 0 fully saturated rings. The van der Waals surface area contributed by atoms with Gasteiger partial charge in [0.15, 0.2) is 0 Å². The summed E-state index contributed by atoms with van der Waals surface area (Å²) in [6.45, 7) is 1.60. The van der Waals surface area contributed by atoms with Crippen LogP contribution in [0.15, 0.2) is 12.1 Å². The molecule has 0 atom stereocenters. The molecule has 5 heteroatoms. The van der Waals surface area contributed by atoms with E-state index < -0.39 is 12.6 Å². The molecule has 0 radical (unpaired) electrons. The number of hydrogen-bond donors (Lipinski definition) is 2. The predicted octanol–water partition coefficient (Wildman–Crippen LogP) is 0.862. The Morgan fingerprint density at radius 1 is 1.53 bits per heavy atom. The second-order valence-electron chi connectivity index (χ2n) is 3.40. The molecule has 1 aromatic carbocycles. The van der Waals surface area contributed by atoms with Gasteiger partial charge in [-0.15, -0.1) is 0 Å². The minimum atomic E-state index is -0.411. The molecule has 0 spiro atoms. The lowest BCUT2D eigenvalue weighted by atomic mass is 10.0. The molecule has 0 aromatic heterocycles. The molecule has 17 heavy (non-hydrogen) atoms. The number of phenols is 1. The summed E-state index contributed by atoms with van der Waals surface area (Å²) in [4.78, 5) is 11.3. The molecule has 90 valence electrons. The van der Waals surface area contributed by atoms with Crippen molar-refractivity contribution < 1.29 is 19.7 Å². The van der Waals surface area contributed by atoms with Crippen molar-refractivity contribution in [3.8, 4) is 11.8 Å². The van der Waals surface area contributed by atoms with Gasteiger partial charge in [0.1, 0.15) is 11.8 Å². The number of carbonyl (C=O) groups is 1. The Morgan fingerprint density at radius 2 is 2.24 bits per heavy atom. The van der Waals surface area contributed by atoms with Gasteiger partial charge in [0.25, 0.3) is 0 Å². The Hall–Kier alpha value is -2.06. The fourth-order valence-corrected chi connectivity index (χ4v) is 1.45. The number of esters is 1. The molecule has 0 aliphatic heterocycles. The summed E-state index contributed by atoms with van der Waals surface area (Å²) in [5.41, 5.74) is 0.793. The maximum atomic E-state index is 11.3. The van der Waals surface area contributed by atoms with Crippen molar-refractivity contribution in [2.45, 2.75) is 20.0 Å². The molecule has 2 N–H and O–H groups in total. The summed E-state index contributed by atoms with van der Waals surface area (Å²) < 4.78 is 4.78. The molecule has 0 aliphatic rings. The van der Waals surface area contributed by atoms with E-state index in [2.05, 4.69) is 0 Å². The fourth-order valence-electron chi connectivity index (χ4n) is 1.45. The van der Waals surface area contributed by atoms with Crippen molar-refractivity contribution in [1.82, 2.24) is 0 Å². The van der Waals surface area contributed by atoms with Crippen LogP contribution in [0.3, 0.4) is 0 Å². The van der Waals surface area contributed by atoms with Crippen LogP contribution in [-0.4, -0.2) is 22.8 Å². The van der Waals surface area contributed by atoms with Crippen LogP contribution in [0.5, 0.6) is 5.75 Å². The molecule has 0 saturated carbocycles. The lowest BCUT2D eigenvalue weighted by Crippen LogP contribution is -2.08. The van der Waals surface area contributed by atoms with Gasteiger partial charge in [0.2, 0.25) is 0 Å². The van der Waals surface area contributed by atoms with Gasteiger partial charge in [-0.1, -0.05) is 0 Å². The molecule has 0 heterocycles. The molecule has 0 bridgehead atoms. The van der Waals surface area contributed by atoms with Crippen LogP contribution >= 0.6 is 0 Å². The van der Waals surface area contributed by atoms with E-state index in [1.165, 1.54) is 12.1 Å². The quantitative estimate of drug-likeness (QED) is 0.755. The van der Waals surface area contributed by atoms with Crippen LogP contribution in [0.4, 0.5) is 0 Å². The van der Waals surface area contributed by atoms with Crippen LogP contribution in [0, 0.1) is 11.3 Å². The van der Waals surface area contributed by atoms with E-state index in [1.54, 1.807) is 13.0 Å². The average Bonchev–Trinajstić information content (AvgIpc) is 2.31. The van der Waals surface area contributed by atoms with Gasteiger partial charge in [-0.3, -0.25) is 4.79 Å². The number of rotatable bonds is 4. The molecule has 1 rings (SSSR count). The summed E-state index contributed by atoms with van der Waals surface area (Å²) in [6.07, 6.45) is 0.00972. The highest BCUT2D eigenvalue weighted by molar-refractivity contribution is 5.73. The third-order valence-electron chi connectivity index (χ3n) is 2.19. The lowest BCUT2D eigenvalue weighted by molar-refractivity contribution is -0.142. The third kappa shape index (κ3) is 3.20. The van der Waals surface area contributed by atoms with E-state index in [-0.39, 0.29) is 29.9 Å². The van der Waals surface area contributed by atoms with Crippen molar-refractivity contribution in [3.05, 3.63) is 28.8 Å². The first-order chi connectivity index (χ1) is 8.12. The molecule has 1 aromatic rings. The molecule has 0 amide bonds. The van der Waals surface area contributed by atoms with Crippen LogP contribution in [-0.2, 0) is 22.6 Å². The highest BCUT2D eigenvalue weighted by atomic mass is 16.5. The van der Waals surface area contributed by atoms with Crippen LogP contribution in [0.2, 0.25) is 0 Å². The van der Waals surface area contributed by atoms with E-state index in [4.69, 9.17) is 15.1 Å². The standard InChI is InChI=1S/C12H13NO4/c1-2-17-11(15)5-8-3-9(6-13)12(16)10(4-8)7-14/h3-4,14,16H,2,5,7H2,1H3. The smallest absolute Gasteiger partial charge is 0.310 e. The number of carbonyl (C=O) groups excluding carboxylic acids is 1. The van der Waals surface area contributed by atoms with Crippen molar-refractivity contribution in [1.29, 1.82) is 5.26 Å². The van der Waals surface area contributed by atoms with Gasteiger partial charge in [-0.2, -0.15) is 5.26 Å². The van der Waals surface area contributed by atoms with Gasteiger partial charge >= 0.3 is 5.97 Å². The van der Waals surface area contributed by atoms with E-state index in [9.17, 15) is 9.90 Å². The molecule has 0 saturated heterocycles. The first-order valence-electron chi connectivity index (χ1n) is 5.13. The predicted molar refractivity (Wildman–Crippen MR) is 59.1 cm³/mol. The highest BCUT2D eigenvalue weighted by Gasteiger charge is 2.11. The van der Waals surface area contributed by atoms with Crippen molar-refractivity contribution in [2.24, 2.45) is 0 Å². The number of benzene rings is 1. The average molecular weight is 235 g/mol. The highest BCUT2D eigenvalue weighted by Crippen LogP contribution is 2.24. The van der Waals surface area contributed by atoms with Crippen LogP contribution in [0.25, 0.3) is 0 Å². The van der Waals surface area contributed by atoms with Crippen molar-refractivity contribution in [2.75, 3.05) is 6.61 Å². The summed E-state index contributed by atoms with van der Waals surface area (Å²) in [5.74, 6) is -0.659. The van der Waals surface area contributed by atoms with E-state index >= 15 is 0 Å². The summed E-state index contributed by atoms with van der Waals surface area (Å²) in [7, 11) is 0. The molecular formula is C12H13NO4. The zero-order valence-corrected chi connectivity index (χ0v) is 9.43. The summed E-state index contributed by atoms with van der Waals surface area (Å²) in [6, 6.07) is 4.69. The second-order valence-corrected chi connectivity index (χ2v) is 3.40. The maximum absolute atomic E-state index is 11.3. The van der Waals surface area contributed by atoms with Gasteiger partial charge in [-0.05, 0) is 24.6 Å². The Morgan fingerprint density at radius 3 is 2.76 bits per heavy atom. The minimum Gasteiger partial charge on any atom is -0.506 e. The normalized spacial score (nSPS) is 9.71. The third-order valence-corrected chi connectivity index (χ3v) is 2.19. The fraction of sp³-hybridized carbons (Fsp3) is 0.333. The second kappa shape index (κ2) is 5.87. The zero-order valence-electron chi connectivity index (χ0n) is 9.43. The largest absolute Gasteiger partial charge is 0.506 e. The lowest BCUT2D eigenvalue weighted by Gasteiger charge is -2.07. The van der Waals surface area contributed by atoms with E-state index in [0.29, 0.717) is 5.56 Å². The SMILES string of the molecule is CCOC(=O)Cc1cc(C#N)c(O)c(CO)c1. The van der Waals surface area contributed by atoms with Gasteiger partial charge in [0, 0.05) is 5.56 Å². The van der Waals surface area contributed by atoms with E-state index in [1.807, 2.05) is 0 Å². The first-order valence-corrected chi connectivity index (χ1v) is 5.13. The number of aromatic hydroxyl groups is 1. The Kier molecular flexibility index (Phi) is 4.49. The van der Waals surface area contributed by atoms with Gasteiger partial charge in [0.05, 0.1) is 25.2 Å². The monoisotopic (exact) mass is 235 g/mol. The first kappa shape index (κ1) is 13.0. The van der Waals surface area contributed by atoms with Gasteiger partial charge in [-0.25, -0.2) is 0 Å².